The van der Waals surface area contributed by atoms with Gasteiger partial charge in [-0.05, 0) is 18.7 Å². The summed E-state index contributed by atoms with van der Waals surface area (Å²) >= 11 is 0. The molecule has 0 atom stereocenters. The van der Waals surface area contributed by atoms with Gasteiger partial charge in [0.05, 0.1) is 19.3 Å². The third-order valence-corrected chi connectivity index (χ3v) is 4.73. The van der Waals surface area contributed by atoms with Gasteiger partial charge in [-0.1, -0.05) is 18.2 Å². The molecule has 0 aliphatic rings. The monoisotopic (exact) mass is 338 g/mol. The van der Waals surface area contributed by atoms with Crippen molar-refractivity contribution in [2.45, 2.75) is 18.0 Å². The first-order valence-corrected chi connectivity index (χ1v) is 8.64. The fraction of sp³-hybridized carbons (Fsp3) is 0.357. The average molecular weight is 338 g/mol. The van der Waals surface area contributed by atoms with Crippen LogP contribution in [0.4, 0.5) is 0 Å². The molecule has 124 valence electrons. The summed E-state index contributed by atoms with van der Waals surface area (Å²) in [4.78, 5) is 11.2. The Bertz CT molecular complexity index is 771. The summed E-state index contributed by atoms with van der Waals surface area (Å²) in [7, 11) is -2.58. The van der Waals surface area contributed by atoms with Crippen molar-refractivity contribution in [3.05, 3.63) is 36.2 Å². The first-order chi connectivity index (χ1) is 11.0. The maximum absolute atomic E-state index is 12.5. The second-order valence-electron chi connectivity index (χ2n) is 4.75. The molecule has 0 unspecified atom stereocenters. The molecular weight excluding hydrogens is 320 g/mol. The molecule has 0 aliphatic heterocycles. The van der Waals surface area contributed by atoms with Crippen molar-refractivity contribution in [1.29, 1.82) is 0 Å². The van der Waals surface area contributed by atoms with Crippen molar-refractivity contribution in [2.24, 2.45) is 5.73 Å². The summed E-state index contributed by atoms with van der Waals surface area (Å²) in [6.07, 6.45) is 0.140. The van der Waals surface area contributed by atoms with E-state index in [1.165, 1.54) is 11.7 Å². The lowest BCUT2D eigenvalue weighted by Crippen LogP contribution is -2.18. The van der Waals surface area contributed by atoms with Gasteiger partial charge in [0.25, 0.3) is 5.16 Å². The molecule has 0 bridgehead atoms. The number of aromatic nitrogens is 3. The van der Waals surface area contributed by atoms with Gasteiger partial charge in [-0.3, -0.25) is 9.36 Å². The number of nitrogens with two attached hydrogens (primary N) is 1. The van der Waals surface area contributed by atoms with Crippen LogP contribution in [-0.4, -0.2) is 48.6 Å². The largest absolute Gasteiger partial charge is 0.469 e. The second-order valence-corrected chi connectivity index (χ2v) is 6.76. The average Bonchev–Trinajstić information content (AvgIpc) is 2.98. The SMILES string of the molecule is COC(=O)CCS(=O)(=O)c1nnc(CCN)n1-c1ccccc1. The fourth-order valence-electron chi connectivity index (χ4n) is 2.04. The zero-order chi connectivity index (χ0) is 16.9. The molecule has 0 aliphatic carbocycles. The molecule has 0 amide bonds. The van der Waals surface area contributed by atoms with Crippen molar-refractivity contribution in [2.75, 3.05) is 19.4 Å². The van der Waals surface area contributed by atoms with E-state index in [9.17, 15) is 13.2 Å². The highest BCUT2D eigenvalue weighted by molar-refractivity contribution is 7.91. The molecule has 0 saturated carbocycles. The van der Waals surface area contributed by atoms with Gasteiger partial charge in [-0.25, -0.2) is 8.42 Å². The number of sulfone groups is 1. The van der Waals surface area contributed by atoms with Crippen LogP contribution >= 0.6 is 0 Å². The molecule has 9 heteroatoms. The van der Waals surface area contributed by atoms with Crippen LogP contribution in [0.2, 0.25) is 0 Å². The molecule has 2 N–H and O–H groups in total. The molecule has 1 aromatic heterocycles. The number of ether oxygens (including phenoxy) is 1. The number of para-hydroxylation sites is 1. The van der Waals surface area contributed by atoms with Gasteiger partial charge in [-0.2, -0.15) is 0 Å². The number of hydrogen-bond acceptors (Lipinski definition) is 7. The first kappa shape index (κ1) is 17.1. The highest BCUT2D eigenvalue weighted by atomic mass is 32.2. The predicted octanol–water partition coefficient (Wildman–Crippen LogP) is 0.105. The van der Waals surface area contributed by atoms with Crippen LogP contribution in [0.5, 0.6) is 0 Å². The summed E-state index contributed by atoms with van der Waals surface area (Å²) in [5.41, 5.74) is 6.17. The topological polar surface area (TPSA) is 117 Å². The first-order valence-electron chi connectivity index (χ1n) is 6.99. The zero-order valence-corrected chi connectivity index (χ0v) is 13.5. The summed E-state index contributed by atoms with van der Waals surface area (Å²) < 4.78 is 30.9. The van der Waals surface area contributed by atoms with Crippen molar-refractivity contribution in [3.63, 3.8) is 0 Å². The number of carbonyl (C=O) groups excluding carboxylic acids is 1. The van der Waals surface area contributed by atoms with Crippen molar-refractivity contribution in [1.82, 2.24) is 14.8 Å². The Hall–Kier alpha value is -2.26. The number of benzene rings is 1. The Morgan fingerprint density at radius 1 is 1.26 bits per heavy atom. The van der Waals surface area contributed by atoms with Gasteiger partial charge in [0.15, 0.2) is 0 Å². The molecule has 8 nitrogen and oxygen atoms in total. The molecule has 1 heterocycles. The van der Waals surface area contributed by atoms with E-state index in [0.717, 1.165) is 0 Å². The minimum atomic E-state index is -3.79. The number of nitrogens with zero attached hydrogens (tertiary/aromatic N) is 3. The quantitative estimate of drug-likeness (QED) is 0.712. The maximum atomic E-state index is 12.5. The van der Waals surface area contributed by atoms with E-state index in [0.29, 0.717) is 24.5 Å². The van der Waals surface area contributed by atoms with E-state index < -0.39 is 21.6 Å². The normalized spacial score (nSPS) is 11.4. The molecule has 0 saturated heterocycles. The Morgan fingerprint density at radius 2 is 1.96 bits per heavy atom. The summed E-state index contributed by atoms with van der Waals surface area (Å²) in [6.45, 7) is 0.313. The standard InChI is InChI=1S/C14H18N4O4S/c1-22-13(19)8-10-23(20,21)14-17-16-12(7-9-15)18(14)11-5-3-2-4-6-11/h2-6H,7-10,15H2,1H3. The summed E-state index contributed by atoms with van der Waals surface area (Å²) in [5.74, 6) is -0.537. The predicted molar refractivity (Wildman–Crippen MR) is 82.8 cm³/mol. The van der Waals surface area contributed by atoms with E-state index in [4.69, 9.17) is 5.73 Å². The van der Waals surface area contributed by atoms with E-state index in [1.54, 1.807) is 24.3 Å². The van der Waals surface area contributed by atoms with Gasteiger partial charge in [-0.15, -0.1) is 10.2 Å². The minimum absolute atomic E-state index is 0.198. The van der Waals surface area contributed by atoms with E-state index in [2.05, 4.69) is 14.9 Å². The van der Waals surface area contributed by atoms with E-state index in [1.807, 2.05) is 6.07 Å². The van der Waals surface area contributed by atoms with Crippen LogP contribution in [-0.2, 0) is 25.8 Å². The van der Waals surface area contributed by atoms with Crippen LogP contribution in [0.25, 0.3) is 5.69 Å². The van der Waals surface area contributed by atoms with Crippen LogP contribution in [0.1, 0.15) is 12.2 Å². The number of rotatable bonds is 7. The molecule has 0 radical (unpaired) electrons. The Kier molecular flexibility index (Phi) is 5.45. The molecule has 0 spiro atoms. The van der Waals surface area contributed by atoms with E-state index in [-0.39, 0.29) is 11.6 Å². The Labute approximate surface area is 134 Å². The van der Waals surface area contributed by atoms with Gasteiger partial charge < -0.3 is 10.5 Å². The van der Waals surface area contributed by atoms with Crippen LogP contribution in [0.3, 0.4) is 0 Å². The second kappa shape index (κ2) is 7.34. The number of hydrogen-bond donors (Lipinski definition) is 1. The molecule has 2 aromatic rings. The van der Waals surface area contributed by atoms with Gasteiger partial charge in [0, 0.05) is 12.1 Å². The highest BCUT2D eigenvalue weighted by Crippen LogP contribution is 2.18. The minimum Gasteiger partial charge on any atom is -0.469 e. The number of methoxy groups -OCH3 is 1. The molecule has 2 rings (SSSR count). The lowest BCUT2D eigenvalue weighted by molar-refractivity contribution is -0.140. The Balaban J connectivity index is 2.44. The summed E-state index contributed by atoms with van der Waals surface area (Å²) in [6, 6.07) is 8.89. The third-order valence-electron chi connectivity index (χ3n) is 3.16. The van der Waals surface area contributed by atoms with Gasteiger partial charge >= 0.3 is 5.97 Å². The summed E-state index contributed by atoms with van der Waals surface area (Å²) in [5, 5.41) is 7.54. The molecule has 1 aromatic carbocycles. The van der Waals surface area contributed by atoms with E-state index >= 15 is 0 Å². The fourth-order valence-corrected chi connectivity index (χ4v) is 3.31. The van der Waals surface area contributed by atoms with Crippen molar-refractivity contribution < 1.29 is 17.9 Å². The zero-order valence-electron chi connectivity index (χ0n) is 12.7. The van der Waals surface area contributed by atoms with Crippen molar-refractivity contribution in [3.8, 4) is 5.69 Å². The molecule has 23 heavy (non-hydrogen) atoms. The highest BCUT2D eigenvalue weighted by Gasteiger charge is 2.26. The van der Waals surface area contributed by atoms with Crippen LogP contribution in [0, 0.1) is 0 Å². The lowest BCUT2D eigenvalue weighted by Gasteiger charge is -2.10. The Morgan fingerprint density at radius 3 is 2.57 bits per heavy atom. The van der Waals surface area contributed by atoms with Crippen LogP contribution in [0.15, 0.2) is 35.5 Å². The number of carbonyl (C=O) groups is 1. The molecule has 0 fully saturated rings. The number of esters is 1. The van der Waals surface area contributed by atoms with Gasteiger partial charge in [0.2, 0.25) is 9.84 Å². The molecular formula is C14H18N4O4S. The van der Waals surface area contributed by atoms with Crippen LogP contribution < -0.4 is 5.73 Å². The third kappa shape index (κ3) is 3.93. The van der Waals surface area contributed by atoms with Gasteiger partial charge in [0.1, 0.15) is 5.82 Å². The van der Waals surface area contributed by atoms with Crippen molar-refractivity contribution >= 4 is 15.8 Å². The lowest BCUT2D eigenvalue weighted by atomic mass is 10.3. The maximum Gasteiger partial charge on any atom is 0.306 e. The smallest absolute Gasteiger partial charge is 0.306 e.